The summed E-state index contributed by atoms with van der Waals surface area (Å²) in [7, 11) is 0. The minimum absolute atomic E-state index is 0.388. The van der Waals surface area contributed by atoms with E-state index in [9.17, 15) is 0 Å². The summed E-state index contributed by atoms with van der Waals surface area (Å²) < 4.78 is 0. The first kappa shape index (κ1) is 12.8. The maximum atomic E-state index is 6.10. The predicted octanol–water partition coefficient (Wildman–Crippen LogP) is 3.73. The molecule has 0 amide bonds. The summed E-state index contributed by atoms with van der Waals surface area (Å²) >= 11 is 1.78. The molecule has 1 aromatic heterocycles. The van der Waals surface area contributed by atoms with Gasteiger partial charge in [0, 0.05) is 23.4 Å². The third-order valence-electron chi connectivity index (χ3n) is 4.35. The van der Waals surface area contributed by atoms with Gasteiger partial charge < -0.3 is 5.73 Å². The molecule has 0 spiro atoms. The van der Waals surface area contributed by atoms with Crippen molar-refractivity contribution in [3.05, 3.63) is 40.7 Å². The van der Waals surface area contributed by atoms with Gasteiger partial charge in [-0.1, -0.05) is 37.3 Å². The van der Waals surface area contributed by atoms with Crippen molar-refractivity contribution in [2.24, 2.45) is 17.6 Å². The molecule has 3 unspecified atom stereocenters. The SMILES string of the molecule is CC1C(N)CCC1Cc1nc(-c2ccccc2)cs1. The number of benzene rings is 1. The van der Waals surface area contributed by atoms with Crippen molar-refractivity contribution in [3.63, 3.8) is 0 Å². The number of hydrogen-bond acceptors (Lipinski definition) is 3. The average molecular weight is 272 g/mol. The van der Waals surface area contributed by atoms with Crippen LogP contribution in [0.25, 0.3) is 11.3 Å². The van der Waals surface area contributed by atoms with Gasteiger partial charge in [0.05, 0.1) is 10.7 Å². The number of hydrogen-bond donors (Lipinski definition) is 1. The van der Waals surface area contributed by atoms with Gasteiger partial charge in [-0.15, -0.1) is 11.3 Å². The first-order valence-electron chi connectivity index (χ1n) is 6.99. The molecule has 3 rings (SSSR count). The van der Waals surface area contributed by atoms with Gasteiger partial charge in [-0.25, -0.2) is 4.98 Å². The second-order valence-electron chi connectivity index (χ2n) is 5.56. The van der Waals surface area contributed by atoms with Crippen LogP contribution in [0.3, 0.4) is 0 Å². The third kappa shape index (κ3) is 2.72. The zero-order chi connectivity index (χ0) is 13.2. The van der Waals surface area contributed by atoms with Crippen LogP contribution in [0.2, 0.25) is 0 Å². The Hall–Kier alpha value is -1.19. The highest BCUT2D eigenvalue weighted by Crippen LogP contribution is 2.34. The molecular formula is C16H20N2S. The van der Waals surface area contributed by atoms with E-state index in [0.29, 0.717) is 17.9 Å². The minimum Gasteiger partial charge on any atom is -0.327 e. The maximum absolute atomic E-state index is 6.10. The molecule has 0 aliphatic heterocycles. The van der Waals surface area contributed by atoms with Crippen LogP contribution in [0, 0.1) is 11.8 Å². The molecule has 1 aromatic carbocycles. The Balaban J connectivity index is 1.72. The van der Waals surface area contributed by atoms with Crippen LogP contribution in [0.5, 0.6) is 0 Å². The van der Waals surface area contributed by atoms with E-state index in [1.807, 2.05) is 6.07 Å². The van der Waals surface area contributed by atoms with E-state index in [1.165, 1.54) is 23.4 Å². The smallest absolute Gasteiger partial charge is 0.0935 e. The lowest BCUT2D eigenvalue weighted by Crippen LogP contribution is -2.25. The zero-order valence-corrected chi connectivity index (χ0v) is 12.1. The Morgan fingerprint density at radius 3 is 2.74 bits per heavy atom. The number of nitrogens with two attached hydrogens (primary N) is 1. The van der Waals surface area contributed by atoms with Gasteiger partial charge in [-0.2, -0.15) is 0 Å². The Bertz CT molecular complexity index is 535. The fourth-order valence-electron chi connectivity index (χ4n) is 2.94. The molecule has 1 heterocycles. The van der Waals surface area contributed by atoms with E-state index in [-0.39, 0.29) is 0 Å². The highest BCUT2D eigenvalue weighted by Gasteiger charge is 2.30. The minimum atomic E-state index is 0.388. The lowest BCUT2D eigenvalue weighted by Gasteiger charge is -2.16. The van der Waals surface area contributed by atoms with E-state index >= 15 is 0 Å². The zero-order valence-electron chi connectivity index (χ0n) is 11.3. The summed E-state index contributed by atoms with van der Waals surface area (Å²) in [5.41, 5.74) is 8.42. The molecule has 3 atom stereocenters. The highest BCUT2D eigenvalue weighted by atomic mass is 32.1. The van der Waals surface area contributed by atoms with E-state index in [1.54, 1.807) is 11.3 Å². The highest BCUT2D eigenvalue weighted by molar-refractivity contribution is 7.09. The van der Waals surface area contributed by atoms with E-state index in [2.05, 4.69) is 36.6 Å². The third-order valence-corrected chi connectivity index (χ3v) is 5.22. The van der Waals surface area contributed by atoms with Gasteiger partial charge in [0.1, 0.15) is 0 Å². The lowest BCUT2D eigenvalue weighted by molar-refractivity contribution is 0.390. The largest absolute Gasteiger partial charge is 0.327 e. The topological polar surface area (TPSA) is 38.9 Å². The number of thiazole rings is 1. The number of rotatable bonds is 3. The number of aromatic nitrogens is 1. The summed E-state index contributed by atoms with van der Waals surface area (Å²) in [4.78, 5) is 4.78. The van der Waals surface area contributed by atoms with Crippen LogP contribution in [0.15, 0.2) is 35.7 Å². The van der Waals surface area contributed by atoms with Crippen LogP contribution in [0.4, 0.5) is 0 Å². The van der Waals surface area contributed by atoms with E-state index in [4.69, 9.17) is 10.7 Å². The van der Waals surface area contributed by atoms with Crippen LogP contribution in [0.1, 0.15) is 24.8 Å². The Kier molecular flexibility index (Phi) is 3.67. The van der Waals surface area contributed by atoms with Crippen molar-refractivity contribution in [3.8, 4) is 11.3 Å². The van der Waals surface area contributed by atoms with Gasteiger partial charge in [-0.3, -0.25) is 0 Å². The van der Waals surface area contributed by atoms with E-state index in [0.717, 1.165) is 12.1 Å². The first-order chi connectivity index (χ1) is 9.24. The molecule has 2 aromatic rings. The van der Waals surface area contributed by atoms with Crippen LogP contribution >= 0.6 is 11.3 Å². The van der Waals surface area contributed by atoms with Gasteiger partial charge in [0.25, 0.3) is 0 Å². The number of nitrogens with zero attached hydrogens (tertiary/aromatic N) is 1. The molecular weight excluding hydrogens is 252 g/mol. The lowest BCUT2D eigenvalue weighted by atomic mass is 9.93. The molecule has 1 aliphatic carbocycles. The molecule has 0 saturated heterocycles. The molecule has 1 saturated carbocycles. The molecule has 1 fully saturated rings. The summed E-state index contributed by atoms with van der Waals surface area (Å²) in [6.07, 6.45) is 3.51. The van der Waals surface area contributed by atoms with Crippen molar-refractivity contribution < 1.29 is 0 Å². The molecule has 100 valence electrons. The fraction of sp³-hybridized carbons (Fsp3) is 0.438. The predicted molar refractivity (Wildman–Crippen MR) is 81.1 cm³/mol. The van der Waals surface area contributed by atoms with Crippen molar-refractivity contribution in [1.82, 2.24) is 4.98 Å². The molecule has 0 bridgehead atoms. The summed E-state index contributed by atoms with van der Waals surface area (Å²) in [5, 5.41) is 3.43. The maximum Gasteiger partial charge on any atom is 0.0935 e. The molecule has 0 radical (unpaired) electrons. The first-order valence-corrected chi connectivity index (χ1v) is 7.87. The van der Waals surface area contributed by atoms with Gasteiger partial charge in [-0.05, 0) is 24.7 Å². The Morgan fingerprint density at radius 1 is 1.26 bits per heavy atom. The average Bonchev–Trinajstić information content (AvgIpc) is 3.02. The monoisotopic (exact) mass is 272 g/mol. The molecule has 2 nitrogen and oxygen atoms in total. The summed E-state index contributed by atoms with van der Waals surface area (Å²) in [6.45, 7) is 2.29. The standard InChI is InChI=1S/C16H20N2S/c1-11-13(7-8-14(11)17)9-16-18-15(10-19-16)12-5-3-2-4-6-12/h2-6,10-11,13-14H,7-9,17H2,1H3. The molecule has 2 N–H and O–H groups in total. The van der Waals surface area contributed by atoms with Crippen LogP contribution < -0.4 is 5.73 Å². The summed E-state index contributed by atoms with van der Waals surface area (Å²) in [5.74, 6) is 1.34. The quantitative estimate of drug-likeness (QED) is 0.924. The molecule has 3 heteroatoms. The van der Waals surface area contributed by atoms with Gasteiger partial charge >= 0.3 is 0 Å². The van der Waals surface area contributed by atoms with Crippen molar-refractivity contribution in [2.45, 2.75) is 32.2 Å². The van der Waals surface area contributed by atoms with Crippen LogP contribution in [-0.2, 0) is 6.42 Å². The van der Waals surface area contributed by atoms with Gasteiger partial charge in [0.15, 0.2) is 0 Å². The Morgan fingerprint density at radius 2 is 2.05 bits per heavy atom. The second-order valence-corrected chi connectivity index (χ2v) is 6.50. The Labute approximate surface area is 118 Å². The summed E-state index contributed by atoms with van der Waals surface area (Å²) in [6, 6.07) is 10.8. The van der Waals surface area contributed by atoms with Crippen molar-refractivity contribution >= 4 is 11.3 Å². The van der Waals surface area contributed by atoms with Crippen molar-refractivity contribution in [2.75, 3.05) is 0 Å². The van der Waals surface area contributed by atoms with E-state index < -0.39 is 0 Å². The van der Waals surface area contributed by atoms with Crippen LogP contribution in [-0.4, -0.2) is 11.0 Å². The molecule has 1 aliphatic rings. The fourth-order valence-corrected chi connectivity index (χ4v) is 3.84. The normalized spacial score (nSPS) is 26.7. The molecule has 19 heavy (non-hydrogen) atoms. The van der Waals surface area contributed by atoms with Gasteiger partial charge in [0.2, 0.25) is 0 Å². The second kappa shape index (κ2) is 5.43. The van der Waals surface area contributed by atoms with Crippen molar-refractivity contribution in [1.29, 1.82) is 0 Å².